The van der Waals surface area contributed by atoms with Crippen molar-refractivity contribution in [1.82, 2.24) is 0 Å². The van der Waals surface area contributed by atoms with Gasteiger partial charge in [-0.15, -0.1) is 0 Å². The first-order valence-corrected chi connectivity index (χ1v) is 24.6. The van der Waals surface area contributed by atoms with Crippen LogP contribution in [0.3, 0.4) is 0 Å². The highest BCUT2D eigenvalue weighted by atomic mass is 31.2. The summed E-state index contributed by atoms with van der Waals surface area (Å²) < 4.78 is 32.8. The van der Waals surface area contributed by atoms with Gasteiger partial charge >= 0.3 is 19.8 Å². The predicted molar refractivity (Wildman–Crippen MR) is 238 cm³/mol. The summed E-state index contributed by atoms with van der Waals surface area (Å²) in [4.78, 5) is 34.9. The third-order valence-electron chi connectivity index (χ3n) is 9.69. The number of nitrogens with two attached hydrogens (primary N) is 1. The quantitative estimate of drug-likeness (QED) is 0.0267. The Morgan fingerprint density at radius 1 is 0.526 bits per heavy atom. The average molecular weight is 824 g/mol. The lowest BCUT2D eigenvalue weighted by Gasteiger charge is -2.19. The Morgan fingerprint density at radius 3 is 1.40 bits per heavy atom. The van der Waals surface area contributed by atoms with Crippen LogP contribution in [0.5, 0.6) is 0 Å². The standard InChI is InChI=1S/C47H86NO8P/c1-3-5-7-9-11-13-15-17-19-21-22-24-25-27-29-31-33-35-37-39-46(49)53-43-45(44-55-57(51,52)54-42-41-48)56-47(50)40-38-36-34-32-30-28-26-23-20-18-16-14-12-10-8-6-4-2/h12,14,17-20,26,28,45H,3-11,13,15-16,21-25,27,29-44,48H2,1-2H3,(H,51,52)/b14-12+,19-17+,20-18+,28-26+/t45-/m1/s1. The molecule has 0 aromatic heterocycles. The number of carbonyl (C=O) groups excluding carboxylic acids is 2. The van der Waals surface area contributed by atoms with Crippen molar-refractivity contribution in [2.75, 3.05) is 26.4 Å². The minimum atomic E-state index is -4.39. The van der Waals surface area contributed by atoms with Crippen molar-refractivity contribution in [3.63, 3.8) is 0 Å². The lowest BCUT2D eigenvalue weighted by Crippen LogP contribution is -2.29. The number of phosphoric acid groups is 1. The number of carbonyl (C=O) groups is 2. The molecule has 0 bridgehead atoms. The van der Waals surface area contributed by atoms with Gasteiger partial charge in [0.15, 0.2) is 6.10 Å². The SMILES string of the molecule is CCCCC/C=C/C/C=C/C/C=C/CCCCCCC(=O)O[C@H](COC(=O)CCCCCCCCCCC/C=C/CCCCCCCC)COP(=O)(O)OCCN. The molecule has 10 heteroatoms. The Kier molecular flexibility index (Phi) is 42.0. The van der Waals surface area contributed by atoms with Crippen molar-refractivity contribution >= 4 is 19.8 Å². The van der Waals surface area contributed by atoms with Crippen molar-refractivity contribution in [1.29, 1.82) is 0 Å². The first-order valence-electron chi connectivity index (χ1n) is 23.1. The van der Waals surface area contributed by atoms with Gasteiger partial charge in [-0.2, -0.15) is 0 Å². The fraction of sp³-hybridized carbons (Fsp3) is 0.787. The van der Waals surface area contributed by atoms with Crippen molar-refractivity contribution in [3.8, 4) is 0 Å². The van der Waals surface area contributed by atoms with Crippen LogP contribution in [0.4, 0.5) is 0 Å². The summed E-state index contributed by atoms with van der Waals surface area (Å²) in [6.45, 7) is 3.68. The molecule has 0 aliphatic rings. The van der Waals surface area contributed by atoms with Gasteiger partial charge in [0.1, 0.15) is 6.61 Å². The van der Waals surface area contributed by atoms with E-state index in [1.165, 1.54) is 116 Å². The van der Waals surface area contributed by atoms with Gasteiger partial charge in [0.2, 0.25) is 0 Å². The lowest BCUT2D eigenvalue weighted by molar-refractivity contribution is -0.161. The van der Waals surface area contributed by atoms with Gasteiger partial charge in [-0.05, 0) is 77.0 Å². The highest BCUT2D eigenvalue weighted by molar-refractivity contribution is 7.47. The molecule has 0 aliphatic heterocycles. The first-order chi connectivity index (χ1) is 27.8. The minimum Gasteiger partial charge on any atom is -0.462 e. The third-order valence-corrected chi connectivity index (χ3v) is 10.7. The summed E-state index contributed by atoms with van der Waals surface area (Å²) in [7, 11) is -4.39. The monoisotopic (exact) mass is 824 g/mol. The Bertz CT molecular complexity index is 1080. The molecule has 0 aliphatic carbocycles. The number of rotatable bonds is 43. The van der Waals surface area contributed by atoms with Gasteiger partial charge < -0.3 is 20.1 Å². The largest absolute Gasteiger partial charge is 0.472 e. The van der Waals surface area contributed by atoms with Crippen LogP contribution in [0.2, 0.25) is 0 Å². The van der Waals surface area contributed by atoms with Gasteiger partial charge in [-0.3, -0.25) is 18.6 Å². The summed E-state index contributed by atoms with van der Waals surface area (Å²) >= 11 is 0. The second kappa shape index (κ2) is 43.5. The van der Waals surface area contributed by atoms with E-state index in [0.29, 0.717) is 6.42 Å². The normalized spacial score (nSPS) is 13.7. The Morgan fingerprint density at radius 2 is 0.912 bits per heavy atom. The maximum atomic E-state index is 12.6. The molecule has 0 spiro atoms. The molecular weight excluding hydrogens is 737 g/mol. The van der Waals surface area contributed by atoms with Crippen LogP contribution in [-0.2, 0) is 32.7 Å². The van der Waals surface area contributed by atoms with Gasteiger partial charge in [0.25, 0.3) is 0 Å². The van der Waals surface area contributed by atoms with E-state index in [0.717, 1.165) is 57.8 Å². The van der Waals surface area contributed by atoms with E-state index in [-0.39, 0.29) is 38.6 Å². The van der Waals surface area contributed by atoms with Crippen molar-refractivity contribution in [2.45, 2.75) is 213 Å². The molecule has 0 saturated heterocycles. The van der Waals surface area contributed by atoms with E-state index in [2.05, 4.69) is 62.5 Å². The maximum absolute atomic E-state index is 12.6. The fourth-order valence-corrected chi connectivity index (χ4v) is 6.99. The Balaban J connectivity index is 4.15. The van der Waals surface area contributed by atoms with Crippen molar-refractivity contribution < 1.29 is 37.6 Å². The third kappa shape index (κ3) is 43.4. The molecule has 0 fully saturated rings. The molecule has 0 amide bonds. The minimum absolute atomic E-state index is 0.0480. The van der Waals surface area contributed by atoms with Crippen LogP contribution in [0.25, 0.3) is 0 Å². The number of phosphoric ester groups is 1. The summed E-state index contributed by atoms with van der Waals surface area (Å²) in [5.74, 6) is -0.854. The fourth-order valence-electron chi connectivity index (χ4n) is 6.22. The van der Waals surface area contributed by atoms with Gasteiger partial charge in [-0.1, -0.05) is 165 Å². The predicted octanol–water partition coefficient (Wildman–Crippen LogP) is 13.5. The number of ether oxygens (including phenoxy) is 2. The Labute approximate surface area is 349 Å². The maximum Gasteiger partial charge on any atom is 0.472 e. The summed E-state index contributed by atoms with van der Waals surface area (Å²) in [5.41, 5.74) is 5.35. The molecule has 0 rings (SSSR count). The molecule has 0 aromatic carbocycles. The smallest absolute Gasteiger partial charge is 0.462 e. The van der Waals surface area contributed by atoms with E-state index in [9.17, 15) is 19.0 Å². The second-order valence-electron chi connectivity index (χ2n) is 15.3. The van der Waals surface area contributed by atoms with E-state index < -0.39 is 26.5 Å². The zero-order chi connectivity index (χ0) is 41.8. The molecule has 2 atom stereocenters. The molecule has 0 heterocycles. The van der Waals surface area contributed by atoms with E-state index in [1.807, 2.05) is 0 Å². The molecule has 57 heavy (non-hydrogen) atoms. The summed E-state index contributed by atoms with van der Waals surface area (Å²) in [5, 5.41) is 0. The van der Waals surface area contributed by atoms with E-state index in [1.54, 1.807) is 0 Å². The van der Waals surface area contributed by atoms with Crippen LogP contribution in [0.1, 0.15) is 206 Å². The molecular formula is C47H86NO8P. The number of allylic oxidation sites excluding steroid dienone is 8. The van der Waals surface area contributed by atoms with Crippen LogP contribution < -0.4 is 5.73 Å². The first kappa shape index (κ1) is 55.0. The van der Waals surface area contributed by atoms with Crippen LogP contribution in [0.15, 0.2) is 48.6 Å². The van der Waals surface area contributed by atoms with Crippen molar-refractivity contribution in [3.05, 3.63) is 48.6 Å². The van der Waals surface area contributed by atoms with Gasteiger partial charge in [0, 0.05) is 19.4 Å². The molecule has 332 valence electrons. The van der Waals surface area contributed by atoms with E-state index >= 15 is 0 Å². The highest BCUT2D eigenvalue weighted by Gasteiger charge is 2.26. The van der Waals surface area contributed by atoms with Gasteiger partial charge in [0.05, 0.1) is 13.2 Å². The number of hydrogen-bond donors (Lipinski definition) is 2. The molecule has 0 saturated carbocycles. The Hall–Kier alpha value is -2.03. The molecule has 9 nitrogen and oxygen atoms in total. The van der Waals surface area contributed by atoms with Crippen LogP contribution in [0, 0.1) is 0 Å². The molecule has 3 N–H and O–H groups in total. The lowest BCUT2D eigenvalue weighted by atomic mass is 10.1. The average Bonchev–Trinajstić information content (AvgIpc) is 3.20. The van der Waals surface area contributed by atoms with Crippen LogP contribution in [-0.4, -0.2) is 49.3 Å². The van der Waals surface area contributed by atoms with Gasteiger partial charge in [-0.25, -0.2) is 4.57 Å². The second-order valence-corrected chi connectivity index (χ2v) is 16.7. The van der Waals surface area contributed by atoms with Crippen LogP contribution >= 0.6 is 7.82 Å². The molecule has 0 radical (unpaired) electrons. The zero-order valence-corrected chi connectivity index (χ0v) is 37.5. The highest BCUT2D eigenvalue weighted by Crippen LogP contribution is 2.43. The number of hydrogen-bond acceptors (Lipinski definition) is 8. The number of esters is 2. The topological polar surface area (TPSA) is 134 Å². The summed E-state index contributed by atoms with van der Waals surface area (Å²) in [6.07, 6.45) is 49.9. The van der Waals surface area contributed by atoms with E-state index in [4.69, 9.17) is 24.3 Å². The summed E-state index contributed by atoms with van der Waals surface area (Å²) in [6, 6.07) is 0. The zero-order valence-electron chi connectivity index (χ0n) is 36.6. The van der Waals surface area contributed by atoms with Crippen molar-refractivity contribution in [2.24, 2.45) is 5.73 Å². The molecule has 0 aromatic rings. The molecule has 1 unspecified atom stereocenters. The number of unbranched alkanes of at least 4 members (excludes halogenated alkanes) is 22.